The third-order valence-corrected chi connectivity index (χ3v) is 5.97. The minimum Gasteiger partial charge on any atom is -0.496 e. The maximum Gasteiger partial charge on any atom is 0.178 e. The molecule has 0 aliphatic carbocycles. The number of methoxy groups -OCH3 is 1. The van der Waals surface area contributed by atoms with Crippen LogP contribution in [0.3, 0.4) is 0 Å². The van der Waals surface area contributed by atoms with Crippen LogP contribution in [0.2, 0.25) is 0 Å². The van der Waals surface area contributed by atoms with Gasteiger partial charge in [0, 0.05) is 17.1 Å². The highest BCUT2D eigenvalue weighted by Gasteiger charge is 2.21. The van der Waals surface area contributed by atoms with E-state index >= 15 is 0 Å². The van der Waals surface area contributed by atoms with Gasteiger partial charge in [0.1, 0.15) is 11.5 Å². The van der Waals surface area contributed by atoms with Crippen LogP contribution in [0.4, 0.5) is 0 Å². The monoisotopic (exact) mass is 431 g/mol. The molecule has 7 nitrogen and oxygen atoms in total. The van der Waals surface area contributed by atoms with Crippen molar-refractivity contribution in [1.82, 2.24) is 24.7 Å². The second-order valence-electron chi connectivity index (χ2n) is 7.52. The minimum absolute atomic E-state index is 0.0544. The Morgan fingerprint density at radius 3 is 2.71 bits per heavy atom. The molecule has 8 heteroatoms. The van der Waals surface area contributed by atoms with E-state index in [1.54, 1.807) is 13.3 Å². The van der Waals surface area contributed by atoms with E-state index in [1.165, 1.54) is 0 Å². The number of hydrogen-bond acceptors (Lipinski definition) is 6. The van der Waals surface area contributed by atoms with Crippen molar-refractivity contribution in [3.8, 4) is 16.9 Å². The average molecular weight is 432 g/mol. The maximum atomic E-state index is 5.77. The zero-order chi connectivity index (χ0) is 21.7. The first-order valence-corrected chi connectivity index (χ1v) is 10.4. The Hall–Kier alpha value is -3.52. The number of ether oxygens (including phenoxy) is 1. The summed E-state index contributed by atoms with van der Waals surface area (Å²) in [7, 11) is 1.66. The van der Waals surface area contributed by atoms with E-state index in [0.717, 1.165) is 56.0 Å². The summed E-state index contributed by atoms with van der Waals surface area (Å²) in [6, 6.07) is 9.87. The Bertz CT molecular complexity index is 1460. The van der Waals surface area contributed by atoms with Crippen molar-refractivity contribution in [3.05, 3.63) is 64.6 Å². The Morgan fingerprint density at radius 2 is 2.03 bits per heavy atom. The van der Waals surface area contributed by atoms with Gasteiger partial charge in [-0.05, 0) is 57.3 Å². The fourth-order valence-electron chi connectivity index (χ4n) is 4.19. The molecule has 1 N–H and O–H groups in total. The third kappa shape index (κ3) is 3.02. The SMILES string of the molecule is COc1cc2c(cc1-c1c(C)noc1C)ncc1[nH]c(=S)n([C@H](C)c3ccccn3)c12. The second kappa shape index (κ2) is 7.31. The molecule has 0 fully saturated rings. The molecule has 0 radical (unpaired) electrons. The van der Waals surface area contributed by atoms with Crippen LogP contribution in [0.15, 0.2) is 47.2 Å². The lowest BCUT2D eigenvalue weighted by molar-refractivity contribution is 0.393. The van der Waals surface area contributed by atoms with Gasteiger partial charge in [0.25, 0.3) is 0 Å². The average Bonchev–Trinajstić information content (AvgIpc) is 3.30. The second-order valence-corrected chi connectivity index (χ2v) is 7.91. The van der Waals surface area contributed by atoms with Crippen LogP contribution >= 0.6 is 12.2 Å². The molecule has 156 valence electrons. The predicted molar refractivity (Wildman–Crippen MR) is 122 cm³/mol. The van der Waals surface area contributed by atoms with Crippen molar-refractivity contribution in [2.24, 2.45) is 0 Å². The summed E-state index contributed by atoms with van der Waals surface area (Å²) in [4.78, 5) is 12.5. The molecule has 0 saturated carbocycles. The number of imidazole rings is 1. The van der Waals surface area contributed by atoms with Gasteiger partial charge in [0.05, 0.1) is 52.8 Å². The first-order chi connectivity index (χ1) is 15.0. The molecule has 0 saturated heterocycles. The number of nitrogens with one attached hydrogen (secondary N) is 1. The van der Waals surface area contributed by atoms with Gasteiger partial charge in [0.2, 0.25) is 0 Å². The molecule has 0 aliphatic rings. The van der Waals surface area contributed by atoms with Gasteiger partial charge in [-0.2, -0.15) is 0 Å². The first kappa shape index (κ1) is 19.4. The van der Waals surface area contributed by atoms with Crippen molar-refractivity contribution in [2.45, 2.75) is 26.8 Å². The van der Waals surface area contributed by atoms with Gasteiger partial charge in [-0.1, -0.05) is 11.2 Å². The summed E-state index contributed by atoms with van der Waals surface area (Å²) >= 11 is 5.68. The zero-order valence-electron chi connectivity index (χ0n) is 17.6. The molecule has 1 aromatic carbocycles. The van der Waals surface area contributed by atoms with E-state index in [1.807, 2.05) is 50.4 Å². The zero-order valence-corrected chi connectivity index (χ0v) is 18.4. The summed E-state index contributed by atoms with van der Waals surface area (Å²) in [6.07, 6.45) is 3.61. The van der Waals surface area contributed by atoms with E-state index in [-0.39, 0.29) is 6.04 Å². The summed E-state index contributed by atoms with van der Waals surface area (Å²) in [5, 5.41) is 5.04. The lowest BCUT2D eigenvalue weighted by atomic mass is 10.0. The standard InChI is InChI=1S/C23H21N5O2S/c1-12-21(14(3)30-27-12)16-9-18-15(10-20(16)29-4)22-19(11-25-18)26-23(31)28(22)13(2)17-7-5-6-8-24-17/h5-11,13H,1-4H3,(H,26,31)/t13-/m1/s1. The van der Waals surface area contributed by atoms with Crippen LogP contribution in [-0.2, 0) is 0 Å². The number of H-pyrrole nitrogens is 1. The number of nitrogens with zero attached hydrogens (tertiary/aromatic N) is 4. The molecule has 4 aromatic heterocycles. The molecule has 4 heterocycles. The van der Waals surface area contributed by atoms with E-state index in [4.69, 9.17) is 21.5 Å². The highest BCUT2D eigenvalue weighted by Crippen LogP contribution is 2.39. The Balaban J connectivity index is 1.82. The number of aromatic nitrogens is 5. The van der Waals surface area contributed by atoms with Crippen molar-refractivity contribution in [2.75, 3.05) is 7.11 Å². The quantitative estimate of drug-likeness (QED) is 0.377. The largest absolute Gasteiger partial charge is 0.496 e. The maximum absolute atomic E-state index is 5.77. The Labute approximate surface area is 183 Å². The Morgan fingerprint density at radius 1 is 1.19 bits per heavy atom. The summed E-state index contributed by atoms with van der Waals surface area (Å²) < 4.78 is 13.9. The number of fused-ring (bicyclic) bond motifs is 3. The molecule has 0 aliphatic heterocycles. The smallest absolute Gasteiger partial charge is 0.178 e. The molecule has 0 amide bonds. The lowest BCUT2D eigenvalue weighted by Gasteiger charge is -2.16. The number of pyridine rings is 2. The topological polar surface area (TPSA) is 81.8 Å². The highest BCUT2D eigenvalue weighted by atomic mass is 32.1. The summed E-state index contributed by atoms with van der Waals surface area (Å²) in [5.74, 6) is 1.46. The van der Waals surface area contributed by atoms with E-state index in [0.29, 0.717) is 4.77 Å². The molecule has 1 atom stereocenters. The van der Waals surface area contributed by atoms with Crippen LogP contribution in [-0.4, -0.2) is 31.8 Å². The molecule has 31 heavy (non-hydrogen) atoms. The van der Waals surface area contributed by atoms with Crippen LogP contribution in [0, 0.1) is 18.6 Å². The van der Waals surface area contributed by atoms with E-state index in [2.05, 4.69) is 31.6 Å². The predicted octanol–water partition coefficient (Wildman–Crippen LogP) is 5.53. The van der Waals surface area contributed by atoms with Crippen LogP contribution in [0.25, 0.3) is 33.1 Å². The lowest BCUT2D eigenvalue weighted by Crippen LogP contribution is -2.08. The van der Waals surface area contributed by atoms with Gasteiger partial charge >= 0.3 is 0 Å². The first-order valence-electron chi connectivity index (χ1n) is 9.94. The fraction of sp³-hybridized carbons (Fsp3) is 0.217. The van der Waals surface area contributed by atoms with Gasteiger partial charge in [-0.3, -0.25) is 9.97 Å². The van der Waals surface area contributed by atoms with Crippen molar-refractivity contribution in [1.29, 1.82) is 0 Å². The number of hydrogen-bond donors (Lipinski definition) is 1. The summed E-state index contributed by atoms with van der Waals surface area (Å²) in [6.45, 7) is 5.91. The van der Waals surface area contributed by atoms with E-state index < -0.39 is 0 Å². The van der Waals surface area contributed by atoms with Crippen LogP contribution in [0.5, 0.6) is 5.75 Å². The van der Waals surface area contributed by atoms with Crippen molar-refractivity contribution >= 4 is 34.2 Å². The number of aromatic amines is 1. The molecule has 5 rings (SSSR count). The third-order valence-electron chi connectivity index (χ3n) is 5.67. The number of rotatable bonds is 4. The number of benzene rings is 1. The minimum atomic E-state index is -0.0544. The molecular formula is C23H21N5O2S. The summed E-state index contributed by atoms with van der Waals surface area (Å²) in [5.41, 5.74) is 6.24. The molecule has 0 spiro atoms. The number of aryl methyl sites for hydroxylation is 2. The van der Waals surface area contributed by atoms with Gasteiger partial charge in [-0.25, -0.2) is 0 Å². The Kier molecular flexibility index (Phi) is 4.59. The molecular weight excluding hydrogens is 410 g/mol. The van der Waals surface area contributed by atoms with Gasteiger partial charge in [0.15, 0.2) is 4.77 Å². The van der Waals surface area contributed by atoms with E-state index in [9.17, 15) is 0 Å². The van der Waals surface area contributed by atoms with Crippen molar-refractivity contribution in [3.63, 3.8) is 0 Å². The van der Waals surface area contributed by atoms with Gasteiger partial charge in [-0.15, -0.1) is 0 Å². The molecule has 5 aromatic rings. The van der Waals surface area contributed by atoms with Crippen molar-refractivity contribution < 1.29 is 9.26 Å². The van der Waals surface area contributed by atoms with Crippen LogP contribution < -0.4 is 4.74 Å². The fourth-order valence-corrected chi connectivity index (χ4v) is 4.55. The van der Waals surface area contributed by atoms with Gasteiger partial charge < -0.3 is 18.8 Å². The molecule has 0 bridgehead atoms. The highest BCUT2D eigenvalue weighted by molar-refractivity contribution is 7.71. The normalized spacial score (nSPS) is 12.5. The molecule has 0 unspecified atom stereocenters. The van der Waals surface area contributed by atoms with Crippen LogP contribution in [0.1, 0.15) is 30.1 Å².